The third-order valence-electron chi connectivity index (χ3n) is 5.86. The van der Waals surface area contributed by atoms with Crippen LogP contribution >= 0.6 is 11.6 Å². The fourth-order valence-corrected chi connectivity index (χ4v) is 4.36. The van der Waals surface area contributed by atoms with E-state index in [1.165, 1.54) is 0 Å². The molecule has 4 aromatic carbocycles. The average Bonchev–Trinajstić information content (AvgIpc) is 2.90. The minimum absolute atomic E-state index is 0.0736. The van der Waals surface area contributed by atoms with Crippen LogP contribution in [0.5, 0.6) is 5.75 Å². The molecule has 0 spiro atoms. The highest BCUT2D eigenvalue weighted by Crippen LogP contribution is 2.31. The smallest absolute Gasteiger partial charge is 0.251 e. The summed E-state index contributed by atoms with van der Waals surface area (Å²) in [5, 5.41) is 12.6. The topological polar surface area (TPSA) is 52.9 Å². The number of phenols is 1. The Kier molecular flexibility index (Phi) is 5.16. The van der Waals surface area contributed by atoms with E-state index in [1.807, 2.05) is 36.4 Å². The summed E-state index contributed by atoms with van der Waals surface area (Å²) >= 11 is 6.32. The Morgan fingerprint density at radius 2 is 1.69 bits per heavy atom. The first-order chi connectivity index (χ1) is 15.5. The SMILES string of the molecule is CN1C(=O)[C@@H](Cc2ccc3ccccc3c2)N=C(c2ccc(O)cc2)c2cc(Cl)ccc21. The maximum Gasteiger partial charge on any atom is 0.251 e. The molecule has 1 amide bonds. The number of anilines is 1. The molecule has 1 N–H and O–H groups in total. The van der Waals surface area contributed by atoms with Crippen molar-refractivity contribution in [2.24, 2.45) is 4.99 Å². The van der Waals surface area contributed by atoms with Gasteiger partial charge >= 0.3 is 0 Å². The number of carbonyl (C=O) groups is 1. The highest BCUT2D eigenvalue weighted by atomic mass is 35.5. The van der Waals surface area contributed by atoms with Crippen molar-refractivity contribution in [3.8, 4) is 5.75 Å². The van der Waals surface area contributed by atoms with Gasteiger partial charge in [-0.25, -0.2) is 0 Å². The molecule has 0 radical (unpaired) electrons. The molecular weight excluding hydrogens is 420 g/mol. The molecule has 0 aliphatic carbocycles. The van der Waals surface area contributed by atoms with E-state index in [9.17, 15) is 9.90 Å². The van der Waals surface area contributed by atoms with Gasteiger partial charge in [-0.15, -0.1) is 0 Å². The number of amides is 1. The number of aliphatic imine (C=N–C) groups is 1. The fraction of sp³-hybridized carbons (Fsp3) is 0.111. The van der Waals surface area contributed by atoms with E-state index in [4.69, 9.17) is 16.6 Å². The maximum atomic E-state index is 13.4. The molecule has 1 atom stereocenters. The van der Waals surface area contributed by atoms with Crippen molar-refractivity contribution in [3.63, 3.8) is 0 Å². The van der Waals surface area contributed by atoms with Gasteiger partial charge in [-0.1, -0.05) is 54.1 Å². The summed E-state index contributed by atoms with van der Waals surface area (Å²) in [5.74, 6) is 0.103. The van der Waals surface area contributed by atoms with Crippen LogP contribution in [0.2, 0.25) is 5.02 Å². The summed E-state index contributed by atoms with van der Waals surface area (Å²) in [5.41, 5.74) is 4.10. The lowest BCUT2D eigenvalue weighted by atomic mass is 9.99. The predicted molar refractivity (Wildman–Crippen MR) is 130 cm³/mol. The molecule has 1 aliphatic heterocycles. The molecule has 0 bridgehead atoms. The third-order valence-corrected chi connectivity index (χ3v) is 6.09. The first kappa shape index (κ1) is 20.3. The number of carbonyl (C=O) groups excluding carboxylic acids is 1. The number of aromatic hydroxyl groups is 1. The Bertz CT molecular complexity index is 1360. The average molecular weight is 441 g/mol. The minimum atomic E-state index is -0.587. The van der Waals surface area contributed by atoms with E-state index in [0.29, 0.717) is 17.2 Å². The number of fused-ring (bicyclic) bond motifs is 2. The molecule has 0 saturated carbocycles. The molecule has 0 saturated heterocycles. The van der Waals surface area contributed by atoms with Gasteiger partial charge in [-0.2, -0.15) is 0 Å². The van der Waals surface area contributed by atoms with Crippen LogP contribution < -0.4 is 4.90 Å². The summed E-state index contributed by atoms with van der Waals surface area (Å²) in [6, 6.07) is 26.2. The second kappa shape index (κ2) is 8.13. The number of rotatable bonds is 3. The Morgan fingerprint density at radius 3 is 2.47 bits per heavy atom. The van der Waals surface area contributed by atoms with Gasteiger partial charge in [0.15, 0.2) is 0 Å². The fourth-order valence-electron chi connectivity index (χ4n) is 4.18. The second-order valence-corrected chi connectivity index (χ2v) is 8.42. The van der Waals surface area contributed by atoms with Gasteiger partial charge in [0.05, 0.1) is 11.4 Å². The molecule has 0 fully saturated rings. The number of phenolic OH excluding ortho intramolecular Hbond substituents is 1. The molecule has 158 valence electrons. The van der Waals surface area contributed by atoms with Crippen molar-refractivity contribution in [3.05, 3.63) is 107 Å². The number of hydrogen-bond donors (Lipinski definition) is 1. The molecule has 1 heterocycles. The number of benzene rings is 4. The first-order valence-electron chi connectivity index (χ1n) is 10.4. The van der Waals surface area contributed by atoms with Gasteiger partial charge in [0.25, 0.3) is 5.91 Å². The van der Waals surface area contributed by atoms with E-state index in [2.05, 4.69) is 30.3 Å². The van der Waals surface area contributed by atoms with Crippen LogP contribution in [-0.4, -0.2) is 29.8 Å². The van der Waals surface area contributed by atoms with Gasteiger partial charge < -0.3 is 10.0 Å². The molecular formula is C27H21ClN2O2. The second-order valence-electron chi connectivity index (χ2n) is 7.98. The van der Waals surface area contributed by atoms with Crippen LogP contribution in [0.15, 0.2) is 89.9 Å². The molecule has 32 heavy (non-hydrogen) atoms. The van der Waals surface area contributed by atoms with Crippen LogP contribution in [0.3, 0.4) is 0 Å². The van der Waals surface area contributed by atoms with Crippen LogP contribution in [0.1, 0.15) is 16.7 Å². The highest BCUT2D eigenvalue weighted by molar-refractivity contribution is 6.32. The van der Waals surface area contributed by atoms with Gasteiger partial charge in [0, 0.05) is 29.6 Å². The van der Waals surface area contributed by atoms with E-state index < -0.39 is 6.04 Å². The van der Waals surface area contributed by atoms with Crippen molar-refractivity contribution in [1.82, 2.24) is 0 Å². The minimum Gasteiger partial charge on any atom is -0.508 e. The van der Waals surface area contributed by atoms with E-state index in [0.717, 1.165) is 33.2 Å². The van der Waals surface area contributed by atoms with E-state index >= 15 is 0 Å². The Morgan fingerprint density at radius 1 is 0.938 bits per heavy atom. The molecule has 0 unspecified atom stereocenters. The van der Waals surface area contributed by atoms with Gasteiger partial charge in [-0.3, -0.25) is 9.79 Å². The number of halogens is 1. The highest BCUT2D eigenvalue weighted by Gasteiger charge is 2.30. The molecule has 4 nitrogen and oxygen atoms in total. The zero-order valence-electron chi connectivity index (χ0n) is 17.5. The van der Waals surface area contributed by atoms with Crippen molar-refractivity contribution >= 4 is 39.7 Å². The monoisotopic (exact) mass is 440 g/mol. The lowest BCUT2D eigenvalue weighted by molar-refractivity contribution is -0.119. The number of likely N-dealkylation sites (N-methyl/N-ethyl adjacent to an activating group) is 1. The van der Waals surface area contributed by atoms with Gasteiger partial charge in [0.2, 0.25) is 0 Å². The molecule has 4 aromatic rings. The van der Waals surface area contributed by atoms with Crippen LogP contribution in [0, 0.1) is 0 Å². The van der Waals surface area contributed by atoms with E-state index in [-0.39, 0.29) is 11.7 Å². The van der Waals surface area contributed by atoms with Crippen LogP contribution in [0.25, 0.3) is 10.8 Å². The Labute approximate surface area is 191 Å². The molecule has 5 rings (SSSR count). The maximum absolute atomic E-state index is 13.4. The van der Waals surface area contributed by atoms with Crippen molar-refractivity contribution in [2.45, 2.75) is 12.5 Å². The summed E-state index contributed by atoms with van der Waals surface area (Å²) in [7, 11) is 1.78. The van der Waals surface area contributed by atoms with E-state index in [1.54, 1.807) is 30.1 Å². The molecule has 1 aliphatic rings. The Hall–Kier alpha value is -3.63. The van der Waals surface area contributed by atoms with Crippen LogP contribution in [-0.2, 0) is 11.2 Å². The number of benzodiazepines with no additional fused rings is 1. The predicted octanol–water partition coefficient (Wildman–Crippen LogP) is 5.62. The summed E-state index contributed by atoms with van der Waals surface area (Å²) in [6.07, 6.45) is 0.483. The third kappa shape index (κ3) is 3.74. The largest absolute Gasteiger partial charge is 0.508 e. The quantitative estimate of drug-likeness (QED) is 0.449. The molecule has 0 aromatic heterocycles. The first-order valence-corrected chi connectivity index (χ1v) is 10.8. The van der Waals surface area contributed by atoms with Gasteiger partial charge in [-0.05, 0) is 58.8 Å². The van der Waals surface area contributed by atoms with Crippen molar-refractivity contribution < 1.29 is 9.90 Å². The number of nitrogens with zero attached hydrogens (tertiary/aromatic N) is 2. The lowest BCUT2D eigenvalue weighted by Crippen LogP contribution is -2.36. The zero-order valence-corrected chi connectivity index (χ0v) is 18.3. The number of hydrogen-bond acceptors (Lipinski definition) is 3. The van der Waals surface area contributed by atoms with Crippen LogP contribution in [0.4, 0.5) is 5.69 Å². The zero-order chi connectivity index (χ0) is 22.2. The van der Waals surface area contributed by atoms with Crippen molar-refractivity contribution in [2.75, 3.05) is 11.9 Å². The Balaban J connectivity index is 1.63. The summed E-state index contributed by atoms with van der Waals surface area (Å²) in [4.78, 5) is 20.0. The van der Waals surface area contributed by atoms with Crippen molar-refractivity contribution in [1.29, 1.82) is 0 Å². The molecule has 5 heteroatoms. The normalized spacial score (nSPS) is 15.9. The summed E-state index contributed by atoms with van der Waals surface area (Å²) in [6.45, 7) is 0. The standard InChI is InChI=1S/C27H21ClN2O2/c1-30-25-13-10-21(28)16-23(25)26(19-8-11-22(31)12-9-19)29-24(27(30)32)15-17-6-7-18-4-2-3-5-20(18)14-17/h2-14,16,24,31H,15H2,1H3/t24-/m1/s1. The van der Waals surface area contributed by atoms with Gasteiger partial charge in [0.1, 0.15) is 11.8 Å². The summed E-state index contributed by atoms with van der Waals surface area (Å²) < 4.78 is 0. The lowest BCUT2D eigenvalue weighted by Gasteiger charge is -2.20.